The zero-order chi connectivity index (χ0) is 7.68. The monoisotopic (exact) mass is 228 g/mol. The molecule has 0 aromatic heterocycles. The number of hydrazone groups is 1. The van der Waals surface area contributed by atoms with Gasteiger partial charge in [0.15, 0.2) is 0 Å². The molecule has 0 amide bonds. The molecule has 0 fully saturated rings. The molecule has 1 aliphatic heterocycles. The summed E-state index contributed by atoms with van der Waals surface area (Å²) in [6.07, 6.45) is 1.82. The molecule has 1 aliphatic rings. The largest absolute Gasteiger partial charge is 0.247 e. The Morgan fingerprint density at radius 3 is 3.27 bits per heavy atom. The van der Waals surface area contributed by atoms with Crippen molar-refractivity contribution < 1.29 is 0 Å². The molecule has 1 aromatic carbocycles. The lowest BCUT2D eigenvalue weighted by Crippen LogP contribution is -2.01. The predicted molar refractivity (Wildman–Crippen MR) is 50.7 cm³/mol. The van der Waals surface area contributed by atoms with Gasteiger partial charge in [-0.15, -0.1) is 0 Å². The molecule has 0 atom stereocenters. The molecule has 0 unspecified atom stereocenters. The fourth-order valence-corrected chi connectivity index (χ4v) is 2.02. The summed E-state index contributed by atoms with van der Waals surface area (Å²) in [6, 6.07) is 6.12. The number of nitrogens with one attached hydrogen (secondary N) is 1. The molecule has 0 aliphatic carbocycles. The average Bonchev–Trinajstić information content (AvgIpc) is 2.04. The van der Waals surface area contributed by atoms with Crippen molar-refractivity contribution in [3.63, 3.8) is 0 Å². The third kappa shape index (κ3) is 1.41. The Hall–Kier alpha value is -0.480. The van der Waals surface area contributed by atoms with Crippen LogP contribution in [0.15, 0.2) is 32.7 Å². The van der Waals surface area contributed by atoms with Crippen molar-refractivity contribution in [3.8, 4) is 0 Å². The maximum Gasteiger partial charge on any atom is 0.0562 e. The van der Waals surface area contributed by atoms with Gasteiger partial charge in [0.25, 0.3) is 0 Å². The number of hydrogen-bond donors (Lipinski definition) is 1. The molecule has 0 bridgehead atoms. The van der Waals surface area contributed by atoms with Crippen LogP contribution in [0.5, 0.6) is 0 Å². The van der Waals surface area contributed by atoms with Gasteiger partial charge in [-0.3, -0.25) is 0 Å². The van der Waals surface area contributed by atoms with E-state index in [4.69, 9.17) is 0 Å². The molecule has 0 spiro atoms. The second-order valence-electron chi connectivity index (χ2n) is 2.13. The lowest BCUT2D eigenvalue weighted by molar-refractivity contribution is 1.10. The fourth-order valence-electron chi connectivity index (χ4n) is 0.875. The van der Waals surface area contributed by atoms with Crippen molar-refractivity contribution in [2.75, 3.05) is 0 Å². The van der Waals surface area contributed by atoms with E-state index in [1.807, 2.05) is 18.3 Å². The van der Waals surface area contributed by atoms with Gasteiger partial charge in [0.2, 0.25) is 0 Å². The standard InChI is InChI=1S/C7H5BrN2S/c8-6-2-1-5-4-9-10-11-7(5)3-6/h1-4,10H. The van der Waals surface area contributed by atoms with Gasteiger partial charge < -0.3 is 0 Å². The SMILES string of the molecule is Brc1ccc2c(c1)SNN=C2. The van der Waals surface area contributed by atoms with Crippen LogP contribution in [0.3, 0.4) is 0 Å². The van der Waals surface area contributed by atoms with Crippen molar-refractivity contribution in [1.82, 2.24) is 4.83 Å². The van der Waals surface area contributed by atoms with Crippen molar-refractivity contribution >= 4 is 34.1 Å². The molecule has 4 heteroatoms. The lowest BCUT2D eigenvalue weighted by Gasteiger charge is -2.08. The Balaban J connectivity index is 2.53. The molecule has 2 nitrogen and oxygen atoms in total. The number of benzene rings is 1. The van der Waals surface area contributed by atoms with Crippen LogP contribution < -0.4 is 4.83 Å². The molecular weight excluding hydrogens is 224 g/mol. The summed E-state index contributed by atoms with van der Waals surface area (Å²) in [7, 11) is 0. The van der Waals surface area contributed by atoms with Gasteiger partial charge in [0.05, 0.1) is 6.21 Å². The van der Waals surface area contributed by atoms with Crippen LogP contribution in [0.4, 0.5) is 0 Å². The highest BCUT2D eigenvalue weighted by Gasteiger charge is 2.04. The van der Waals surface area contributed by atoms with E-state index in [0.717, 1.165) is 10.0 Å². The second-order valence-corrected chi connectivity index (χ2v) is 3.88. The Morgan fingerprint density at radius 2 is 2.36 bits per heavy atom. The summed E-state index contributed by atoms with van der Waals surface area (Å²) in [5.74, 6) is 0. The molecular formula is C7H5BrN2S. The maximum atomic E-state index is 3.92. The van der Waals surface area contributed by atoms with Gasteiger partial charge in [0, 0.05) is 26.9 Å². The van der Waals surface area contributed by atoms with Crippen molar-refractivity contribution in [3.05, 3.63) is 28.2 Å². The number of rotatable bonds is 0. The fraction of sp³-hybridized carbons (Fsp3) is 0. The smallest absolute Gasteiger partial charge is 0.0562 e. The summed E-state index contributed by atoms with van der Waals surface area (Å²) in [4.78, 5) is 4.04. The van der Waals surface area contributed by atoms with Crippen LogP contribution >= 0.6 is 27.9 Å². The average molecular weight is 229 g/mol. The highest BCUT2D eigenvalue weighted by Crippen LogP contribution is 2.25. The highest BCUT2D eigenvalue weighted by molar-refractivity contribution is 9.10. The van der Waals surface area contributed by atoms with Gasteiger partial charge in [0.1, 0.15) is 0 Å². The summed E-state index contributed by atoms with van der Waals surface area (Å²) in [5, 5.41) is 3.92. The van der Waals surface area contributed by atoms with Gasteiger partial charge in [-0.05, 0) is 12.1 Å². The normalized spacial score (nSPS) is 13.9. The molecule has 0 radical (unpaired) electrons. The second kappa shape index (κ2) is 2.87. The van der Waals surface area contributed by atoms with Gasteiger partial charge in [-0.25, -0.2) is 4.83 Å². The van der Waals surface area contributed by atoms with Gasteiger partial charge >= 0.3 is 0 Å². The molecule has 1 aromatic rings. The summed E-state index contributed by atoms with van der Waals surface area (Å²) in [6.45, 7) is 0. The first-order valence-electron chi connectivity index (χ1n) is 3.11. The Kier molecular flexibility index (Phi) is 1.87. The van der Waals surface area contributed by atoms with Crippen molar-refractivity contribution in [1.29, 1.82) is 0 Å². The summed E-state index contributed by atoms with van der Waals surface area (Å²) >= 11 is 4.93. The van der Waals surface area contributed by atoms with Crippen molar-refractivity contribution in [2.45, 2.75) is 4.90 Å². The number of halogens is 1. The Labute approximate surface area is 77.3 Å². The quantitative estimate of drug-likeness (QED) is 0.690. The van der Waals surface area contributed by atoms with Crippen LogP contribution in [-0.4, -0.2) is 6.21 Å². The number of fused-ring (bicyclic) bond motifs is 1. The van der Waals surface area contributed by atoms with E-state index < -0.39 is 0 Å². The summed E-state index contributed by atoms with van der Waals surface area (Å²) < 4.78 is 1.10. The van der Waals surface area contributed by atoms with Crippen LogP contribution in [0.25, 0.3) is 0 Å². The summed E-state index contributed by atoms with van der Waals surface area (Å²) in [5.41, 5.74) is 1.16. The van der Waals surface area contributed by atoms with E-state index in [1.165, 1.54) is 16.8 Å². The first-order valence-corrected chi connectivity index (χ1v) is 4.72. The molecule has 0 saturated heterocycles. The van der Waals surface area contributed by atoms with Gasteiger partial charge in [-0.2, -0.15) is 5.10 Å². The third-order valence-corrected chi connectivity index (χ3v) is 2.65. The Morgan fingerprint density at radius 1 is 1.45 bits per heavy atom. The number of nitrogens with zero attached hydrogens (tertiary/aromatic N) is 1. The van der Waals surface area contributed by atoms with Crippen LogP contribution in [0.2, 0.25) is 0 Å². The van der Waals surface area contributed by atoms with E-state index in [9.17, 15) is 0 Å². The minimum atomic E-state index is 1.10. The topological polar surface area (TPSA) is 24.4 Å². The van der Waals surface area contributed by atoms with Crippen LogP contribution in [0, 0.1) is 0 Å². The first kappa shape index (κ1) is 7.18. The van der Waals surface area contributed by atoms with E-state index in [0.29, 0.717) is 0 Å². The molecule has 11 heavy (non-hydrogen) atoms. The van der Waals surface area contributed by atoms with Crippen molar-refractivity contribution in [2.24, 2.45) is 5.10 Å². The van der Waals surface area contributed by atoms with E-state index in [2.05, 4.69) is 31.9 Å². The zero-order valence-electron chi connectivity index (χ0n) is 5.54. The Bertz CT molecular complexity index is 311. The molecule has 1 heterocycles. The highest BCUT2D eigenvalue weighted by atomic mass is 79.9. The molecule has 0 saturated carbocycles. The van der Waals surface area contributed by atoms with E-state index >= 15 is 0 Å². The minimum Gasteiger partial charge on any atom is -0.247 e. The lowest BCUT2D eigenvalue weighted by atomic mass is 10.2. The van der Waals surface area contributed by atoms with E-state index in [-0.39, 0.29) is 0 Å². The van der Waals surface area contributed by atoms with Crippen LogP contribution in [0.1, 0.15) is 5.56 Å². The maximum absolute atomic E-state index is 3.92. The molecule has 2 rings (SSSR count). The van der Waals surface area contributed by atoms with Gasteiger partial charge in [-0.1, -0.05) is 22.0 Å². The minimum absolute atomic E-state index is 1.10. The zero-order valence-corrected chi connectivity index (χ0v) is 7.95. The molecule has 56 valence electrons. The van der Waals surface area contributed by atoms with Crippen LogP contribution in [-0.2, 0) is 0 Å². The third-order valence-electron chi connectivity index (χ3n) is 1.39. The van der Waals surface area contributed by atoms with E-state index in [1.54, 1.807) is 0 Å². The molecule has 1 N–H and O–H groups in total. The predicted octanol–water partition coefficient (Wildman–Crippen LogP) is 2.39. The number of hydrogen-bond acceptors (Lipinski definition) is 3. The first-order chi connectivity index (χ1) is 5.36.